The van der Waals surface area contributed by atoms with E-state index in [4.69, 9.17) is 5.11 Å². The molecule has 1 unspecified atom stereocenters. The fourth-order valence-electron chi connectivity index (χ4n) is 1.17. The second-order valence-electron chi connectivity index (χ2n) is 3.87. The SMILES string of the molecule is CNC(C)(CO)Cn1ccc(C(F)(F)F)n1. The van der Waals surface area contributed by atoms with E-state index in [1.165, 1.54) is 6.20 Å². The highest BCUT2D eigenvalue weighted by Gasteiger charge is 2.34. The van der Waals surface area contributed by atoms with Gasteiger partial charge in [0.1, 0.15) is 0 Å². The Hall–Kier alpha value is -1.08. The molecule has 1 rings (SSSR count). The second-order valence-corrected chi connectivity index (χ2v) is 3.87. The third-order valence-electron chi connectivity index (χ3n) is 2.39. The molecule has 4 nitrogen and oxygen atoms in total. The van der Waals surface area contributed by atoms with Crippen molar-refractivity contribution in [2.45, 2.75) is 25.2 Å². The van der Waals surface area contributed by atoms with Gasteiger partial charge < -0.3 is 10.4 Å². The van der Waals surface area contributed by atoms with Crippen molar-refractivity contribution in [1.29, 1.82) is 0 Å². The number of aliphatic hydroxyl groups is 1. The standard InChI is InChI=1S/C9H14F3N3O/c1-8(6-16,13-2)5-15-4-3-7(14-15)9(10,11)12/h3-4,13,16H,5-6H2,1-2H3. The molecule has 1 aromatic heterocycles. The molecular formula is C9H14F3N3O. The number of aliphatic hydroxyl groups excluding tert-OH is 1. The van der Waals surface area contributed by atoms with E-state index in [1.54, 1.807) is 14.0 Å². The first-order chi connectivity index (χ1) is 7.30. The van der Waals surface area contributed by atoms with Crippen LogP contribution in [0.15, 0.2) is 12.3 Å². The lowest BCUT2D eigenvalue weighted by molar-refractivity contribution is -0.141. The van der Waals surface area contributed by atoms with E-state index in [1.807, 2.05) is 0 Å². The highest BCUT2D eigenvalue weighted by molar-refractivity contribution is 5.03. The molecule has 16 heavy (non-hydrogen) atoms. The van der Waals surface area contributed by atoms with Crippen molar-refractivity contribution in [3.8, 4) is 0 Å². The van der Waals surface area contributed by atoms with Crippen LogP contribution in [0.3, 0.4) is 0 Å². The Bertz CT molecular complexity index is 344. The van der Waals surface area contributed by atoms with Gasteiger partial charge in [0.2, 0.25) is 0 Å². The molecular weight excluding hydrogens is 223 g/mol. The molecule has 0 aromatic carbocycles. The summed E-state index contributed by atoms with van der Waals surface area (Å²) in [6.45, 7) is 1.67. The van der Waals surface area contributed by atoms with Crippen LogP contribution in [0.1, 0.15) is 12.6 Å². The fraction of sp³-hybridized carbons (Fsp3) is 0.667. The average Bonchev–Trinajstić information content (AvgIpc) is 2.65. The Morgan fingerprint density at radius 2 is 2.12 bits per heavy atom. The van der Waals surface area contributed by atoms with Gasteiger partial charge in [-0.1, -0.05) is 0 Å². The maximum Gasteiger partial charge on any atom is 0.435 e. The Balaban J connectivity index is 2.80. The summed E-state index contributed by atoms with van der Waals surface area (Å²) in [5.41, 5.74) is -1.61. The predicted molar refractivity (Wildman–Crippen MR) is 51.8 cm³/mol. The highest BCUT2D eigenvalue weighted by Crippen LogP contribution is 2.27. The van der Waals surface area contributed by atoms with Gasteiger partial charge in [-0.25, -0.2) is 0 Å². The number of alkyl halides is 3. The van der Waals surface area contributed by atoms with Crippen LogP contribution < -0.4 is 5.32 Å². The number of aromatic nitrogens is 2. The van der Waals surface area contributed by atoms with Gasteiger partial charge in [-0.3, -0.25) is 4.68 Å². The van der Waals surface area contributed by atoms with Gasteiger partial charge in [-0.05, 0) is 20.0 Å². The summed E-state index contributed by atoms with van der Waals surface area (Å²) >= 11 is 0. The molecule has 7 heteroatoms. The third-order valence-corrected chi connectivity index (χ3v) is 2.39. The first kappa shape index (κ1) is 13.0. The number of hydrogen-bond acceptors (Lipinski definition) is 3. The molecule has 1 aromatic rings. The number of nitrogens with zero attached hydrogens (tertiary/aromatic N) is 2. The Kier molecular flexibility index (Phi) is 3.59. The van der Waals surface area contributed by atoms with Gasteiger partial charge in [-0.15, -0.1) is 0 Å². The topological polar surface area (TPSA) is 50.1 Å². The Morgan fingerprint density at radius 1 is 1.50 bits per heavy atom. The second kappa shape index (κ2) is 4.42. The molecule has 0 aliphatic rings. The van der Waals surface area contributed by atoms with Crippen LogP contribution in [0.4, 0.5) is 13.2 Å². The van der Waals surface area contributed by atoms with E-state index in [9.17, 15) is 13.2 Å². The van der Waals surface area contributed by atoms with Crippen LogP contribution in [-0.4, -0.2) is 34.1 Å². The van der Waals surface area contributed by atoms with Crippen molar-refractivity contribution in [3.05, 3.63) is 18.0 Å². The number of nitrogens with one attached hydrogen (secondary N) is 1. The molecule has 0 bridgehead atoms. The summed E-state index contributed by atoms with van der Waals surface area (Å²) in [7, 11) is 1.63. The molecule has 0 saturated heterocycles. The molecule has 0 radical (unpaired) electrons. The maximum atomic E-state index is 12.3. The lowest BCUT2D eigenvalue weighted by Gasteiger charge is -2.26. The number of rotatable bonds is 4. The molecule has 0 fully saturated rings. The monoisotopic (exact) mass is 237 g/mol. The lowest BCUT2D eigenvalue weighted by atomic mass is 10.1. The van der Waals surface area contributed by atoms with E-state index in [2.05, 4.69) is 10.4 Å². The number of hydrogen-bond donors (Lipinski definition) is 2. The van der Waals surface area contributed by atoms with E-state index in [0.29, 0.717) is 0 Å². The van der Waals surface area contributed by atoms with Crippen molar-refractivity contribution < 1.29 is 18.3 Å². The molecule has 2 N–H and O–H groups in total. The highest BCUT2D eigenvalue weighted by atomic mass is 19.4. The minimum atomic E-state index is -4.43. The predicted octanol–water partition coefficient (Wildman–Crippen LogP) is 0.872. The lowest BCUT2D eigenvalue weighted by Crippen LogP contribution is -2.47. The first-order valence-electron chi connectivity index (χ1n) is 4.71. The number of halogens is 3. The summed E-state index contributed by atoms with van der Waals surface area (Å²) < 4.78 is 37.9. The quantitative estimate of drug-likeness (QED) is 0.817. The molecule has 0 amide bonds. The van der Waals surface area contributed by atoms with E-state index in [0.717, 1.165) is 10.7 Å². The van der Waals surface area contributed by atoms with Gasteiger partial charge in [0.25, 0.3) is 0 Å². The fourth-order valence-corrected chi connectivity index (χ4v) is 1.17. The largest absolute Gasteiger partial charge is 0.435 e. The molecule has 0 spiro atoms. The first-order valence-corrected chi connectivity index (χ1v) is 4.71. The van der Waals surface area contributed by atoms with Crippen LogP contribution in [0.25, 0.3) is 0 Å². The van der Waals surface area contributed by atoms with Gasteiger partial charge in [0.15, 0.2) is 5.69 Å². The molecule has 1 atom stereocenters. The summed E-state index contributed by atoms with van der Waals surface area (Å²) in [6.07, 6.45) is -3.19. The van der Waals surface area contributed by atoms with E-state index in [-0.39, 0.29) is 13.2 Å². The molecule has 0 saturated carbocycles. The Labute approximate surface area is 91.1 Å². The molecule has 92 valence electrons. The van der Waals surface area contributed by atoms with Crippen LogP contribution in [0.2, 0.25) is 0 Å². The van der Waals surface area contributed by atoms with Crippen molar-refractivity contribution in [2.75, 3.05) is 13.7 Å². The smallest absolute Gasteiger partial charge is 0.394 e. The van der Waals surface area contributed by atoms with Crippen LogP contribution in [0.5, 0.6) is 0 Å². The van der Waals surface area contributed by atoms with Gasteiger partial charge in [-0.2, -0.15) is 18.3 Å². The van der Waals surface area contributed by atoms with Gasteiger partial charge in [0, 0.05) is 6.20 Å². The Morgan fingerprint density at radius 3 is 2.50 bits per heavy atom. The van der Waals surface area contributed by atoms with E-state index >= 15 is 0 Å². The summed E-state index contributed by atoms with van der Waals surface area (Å²) in [4.78, 5) is 0. The minimum Gasteiger partial charge on any atom is -0.394 e. The minimum absolute atomic E-state index is 0.163. The number of likely N-dealkylation sites (N-methyl/N-ethyl adjacent to an activating group) is 1. The van der Waals surface area contributed by atoms with Crippen LogP contribution in [-0.2, 0) is 12.7 Å². The zero-order chi connectivity index (χ0) is 12.4. The molecule has 0 aliphatic heterocycles. The molecule has 1 heterocycles. The summed E-state index contributed by atoms with van der Waals surface area (Å²) in [5.74, 6) is 0. The van der Waals surface area contributed by atoms with E-state index < -0.39 is 17.4 Å². The zero-order valence-corrected chi connectivity index (χ0v) is 9.04. The third kappa shape index (κ3) is 2.96. The van der Waals surface area contributed by atoms with Crippen molar-refractivity contribution in [1.82, 2.24) is 15.1 Å². The van der Waals surface area contributed by atoms with Crippen molar-refractivity contribution in [3.63, 3.8) is 0 Å². The summed E-state index contributed by atoms with van der Waals surface area (Å²) in [5, 5.41) is 15.3. The van der Waals surface area contributed by atoms with Gasteiger partial charge in [0.05, 0.1) is 18.7 Å². The summed E-state index contributed by atoms with van der Waals surface area (Å²) in [6, 6.07) is 0.910. The molecule has 0 aliphatic carbocycles. The normalized spacial score (nSPS) is 16.1. The van der Waals surface area contributed by atoms with Gasteiger partial charge >= 0.3 is 6.18 Å². The van der Waals surface area contributed by atoms with Crippen molar-refractivity contribution >= 4 is 0 Å². The maximum absolute atomic E-state index is 12.3. The van der Waals surface area contributed by atoms with Crippen LogP contribution >= 0.6 is 0 Å². The van der Waals surface area contributed by atoms with Crippen molar-refractivity contribution in [2.24, 2.45) is 0 Å². The zero-order valence-electron chi connectivity index (χ0n) is 9.04. The van der Waals surface area contributed by atoms with Crippen LogP contribution in [0, 0.1) is 0 Å². The average molecular weight is 237 g/mol.